The molecule has 2 atom stereocenters. The standard InChI is InChI=1S/C61H115NO3/c1-3-5-7-9-11-13-15-17-19-21-23-25-26-27-28-29-30-31-32-33-34-35-36-37-39-41-43-45-47-49-51-53-55-57-61(65)62-59(58-63)60(64)56-54-52-50-48-46-44-42-40-38-24-22-20-18-16-14-12-10-8-6-4-2/h15,17,21,23,46,48,54,56,59-60,63-64H,3-14,16,18-20,22,24-45,47,49-53,55,57-58H2,1-2H3,(H,62,65)/b17-15-,23-21-,48-46+,56-54+. The molecule has 0 heterocycles. The van der Waals surface area contributed by atoms with Crippen LogP contribution in [0.15, 0.2) is 48.6 Å². The minimum absolute atomic E-state index is 0.0688. The van der Waals surface area contributed by atoms with Crippen LogP contribution in [0, 0.1) is 0 Å². The minimum atomic E-state index is -0.862. The number of aliphatic hydroxyl groups excluding tert-OH is 2. The largest absolute Gasteiger partial charge is 0.394 e. The highest BCUT2D eigenvalue weighted by atomic mass is 16.3. The fraction of sp³-hybridized carbons (Fsp3) is 0.852. The molecule has 0 saturated carbocycles. The van der Waals surface area contributed by atoms with Gasteiger partial charge < -0.3 is 15.5 Å². The summed E-state index contributed by atoms with van der Waals surface area (Å²) in [6.45, 7) is 4.31. The van der Waals surface area contributed by atoms with Gasteiger partial charge in [-0.1, -0.05) is 294 Å². The van der Waals surface area contributed by atoms with Gasteiger partial charge in [0.25, 0.3) is 0 Å². The first-order valence-electron chi connectivity index (χ1n) is 29.4. The highest BCUT2D eigenvalue weighted by molar-refractivity contribution is 5.76. The first-order valence-corrected chi connectivity index (χ1v) is 29.4. The van der Waals surface area contributed by atoms with E-state index in [0.29, 0.717) is 6.42 Å². The van der Waals surface area contributed by atoms with Gasteiger partial charge in [-0.25, -0.2) is 0 Å². The van der Waals surface area contributed by atoms with Gasteiger partial charge in [0.2, 0.25) is 5.91 Å². The monoisotopic (exact) mass is 910 g/mol. The zero-order valence-electron chi connectivity index (χ0n) is 44.0. The maximum Gasteiger partial charge on any atom is 0.220 e. The number of rotatable bonds is 54. The summed E-state index contributed by atoms with van der Waals surface area (Å²) in [5.74, 6) is -0.0688. The number of amides is 1. The van der Waals surface area contributed by atoms with Crippen LogP contribution in [0.25, 0.3) is 0 Å². The summed E-state index contributed by atoms with van der Waals surface area (Å²) in [5.41, 5.74) is 0. The van der Waals surface area contributed by atoms with Crippen LogP contribution in [0.2, 0.25) is 0 Å². The van der Waals surface area contributed by atoms with Crippen LogP contribution in [-0.2, 0) is 4.79 Å². The molecule has 0 aliphatic heterocycles. The van der Waals surface area contributed by atoms with E-state index in [9.17, 15) is 15.0 Å². The molecule has 0 aliphatic rings. The zero-order chi connectivity index (χ0) is 47.0. The Labute approximate surface area is 407 Å². The molecule has 4 nitrogen and oxygen atoms in total. The van der Waals surface area contributed by atoms with E-state index in [1.807, 2.05) is 6.08 Å². The van der Waals surface area contributed by atoms with E-state index in [1.54, 1.807) is 6.08 Å². The molecule has 65 heavy (non-hydrogen) atoms. The van der Waals surface area contributed by atoms with Crippen LogP contribution in [0.4, 0.5) is 0 Å². The van der Waals surface area contributed by atoms with Crippen LogP contribution < -0.4 is 5.32 Å². The molecule has 3 N–H and O–H groups in total. The Kier molecular flexibility index (Phi) is 55.2. The van der Waals surface area contributed by atoms with E-state index in [-0.39, 0.29) is 12.5 Å². The third-order valence-corrected chi connectivity index (χ3v) is 13.5. The van der Waals surface area contributed by atoms with Crippen molar-refractivity contribution in [1.29, 1.82) is 0 Å². The molecule has 4 heteroatoms. The number of unbranched alkanes of at least 4 members (excludes halogenated alkanes) is 41. The van der Waals surface area contributed by atoms with Gasteiger partial charge >= 0.3 is 0 Å². The molecule has 0 rings (SSSR count). The fourth-order valence-corrected chi connectivity index (χ4v) is 9.05. The van der Waals surface area contributed by atoms with Crippen molar-refractivity contribution in [2.24, 2.45) is 0 Å². The summed E-state index contributed by atoms with van der Waals surface area (Å²) in [6.07, 6.45) is 78.6. The average molecular weight is 911 g/mol. The topological polar surface area (TPSA) is 69.6 Å². The number of carbonyl (C=O) groups excluding carboxylic acids is 1. The Hall–Kier alpha value is -1.65. The van der Waals surface area contributed by atoms with Gasteiger partial charge in [-0.15, -0.1) is 0 Å². The smallest absolute Gasteiger partial charge is 0.220 e. The molecule has 0 bridgehead atoms. The predicted molar refractivity (Wildman–Crippen MR) is 290 cm³/mol. The van der Waals surface area contributed by atoms with E-state index in [4.69, 9.17) is 0 Å². The van der Waals surface area contributed by atoms with Crippen LogP contribution in [0.5, 0.6) is 0 Å². The molecule has 0 saturated heterocycles. The molecule has 2 unspecified atom stereocenters. The Morgan fingerprint density at radius 2 is 0.646 bits per heavy atom. The van der Waals surface area contributed by atoms with Crippen molar-refractivity contribution < 1.29 is 15.0 Å². The van der Waals surface area contributed by atoms with Crippen LogP contribution in [-0.4, -0.2) is 34.9 Å². The third-order valence-electron chi connectivity index (χ3n) is 13.5. The highest BCUT2D eigenvalue weighted by Gasteiger charge is 2.18. The molecule has 0 aliphatic carbocycles. The molecule has 0 spiro atoms. The summed E-state index contributed by atoms with van der Waals surface area (Å²) in [7, 11) is 0. The predicted octanol–water partition coefficient (Wildman–Crippen LogP) is 19.4. The second kappa shape index (κ2) is 56.7. The van der Waals surface area contributed by atoms with Crippen molar-refractivity contribution in [2.45, 2.75) is 328 Å². The Morgan fingerprint density at radius 3 is 0.985 bits per heavy atom. The maximum absolute atomic E-state index is 12.5. The second-order valence-electron chi connectivity index (χ2n) is 20.1. The molecule has 382 valence electrons. The molecular formula is C61H115NO3. The van der Waals surface area contributed by atoms with Gasteiger partial charge in [-0.05, 0) is 64.2 Å². The molecular weight excluding hydrogens is 795 g/mol. The van der Waals surface area contributed by atoms with Gasteiger partial charge in [0.1, 0.15) is 0 Å². The lowest BCUT2D eigenvalue weighted by Crippen LogP contribution is -2.45. The summed E-state index contributed by atoms with van der Waals surface area (Å²) in [6, 6.07) is -0.639. The van der Waals surface area contributed by atoms with Crippen molar-refractivity contribution >= 4 is 5.91 Å². The summed E-state index contributed by atoms with van der Waals surface area (Å²) >= 11 is 0. The van der Waals surface area contributed by atoms with E-state index in [2.05, 4.69) is 55.6 Å². The SMILES string of the molecule is CCCCCCC/C=C\C/C=C\CCCCCCCCCCCCCCCCCCCCCCCC(=O)NC(CO)C(O)/C=C/CC/C=C/CCCCCCCCCCCCCCCC. The summed E-state index contributed by atoms with van der Waals surface area (Å²) in [4.78, 5) is 12.5. The molecule has 1 amide bonds. The highest BCUT2D eigenvalue weighted by Crippen LogP contribution is 2.17. The first-order chi connectivity index (χ1) is 32.2. The van der Waals surface area contributed by atoms with Crippen LogP contribution in [0.1, 0.15) is 316 Å². The van der Waals surface area contributed by atoms with Gasteiger partial charge in [0.05, 0.1) is 18.8 Å². The van der Waals surface area contributed by atoms with Gasteiger partial charge in [0, 0.05) is 6.42 Å². The van der Waals surface area contributed by atoms with E-state index in [1.165, 1.54) is 257 Å². The van der Waals surface area contributed by atoms with Crippen LogP contribution in [0.3, 0.4) is 0 Å². The number of aliphatic hydroxyl groups is 2. The van der Waals surface area contributed by atoms with Gasteiger partial charge in [0.15, 0.2) is 0 Å². The quantitative estimate of drug-likeness (QED) is 0.0421. The minimum Gasteiger partial charge on any atom is -0.394 e. The van der Waals surface area contributed by atoms with Crippen molar-refractivity contribution in [3.63, 3.8) is 0 Å². The summed E-state index contributed by atoms with van der Waals surface area (Å²) in [5, 5.41) is 23.2. The number of carbonyl (C=O) groups is 1. The fourth-order valence-electron chi connectivity index (χ4n) is 9.05. The lowest BCUT2D eigenvalue weighted by Gasteiger charge is -2.19. The number of hydrogen-bond donors (Lipinski definition) is 3. The lowest BCUT2D eigenvalue weighted by molar-refractivity contribution is -0.123. The number of nitrogens with one attached hydrogen (secondary N) is 1. The maximum atomic E-state index is 12.5. The molecule has 0 aromatic heterocycles. The van der Waals surface area contributed by atoms with Crippen molar-refractivity contribution in [2.75, 3.05) is 6.61 Å². The lowest BCUT2D eigenvalue weighted by atomic mass is 10.0. The number of allylic oxidation sites excluding steroid dienone is 7. The van der Waals surface area contributed by atoms with Crippen molar-refractivity contribution in [3.05, 3.63) is 48.6 Å². The van der Waals surface area contributed by atoms with Gasteiger partial charge in [-0.2, -0.15) is 0 Å². The van der Waals surface area contributed by atoms with Crippen LogP contribution >= 0.6 is 0 Å². The van der Waals surface area contributed by atoms with E-state index in [0.717, 1.165) is 38.5 Å². The summed E-state index contributed by atoms with van der Waals surface area (Å²) < 4.78 is 0. The second-order valence-corrected chi connectivity index (χ2v) is 20.1. The third kappa shape index (κ3) is 53.2. The molecule has 0 aromatic rings. The van der Waals surface area contributed by atoms with Crippen molar-refractivity contribution in [1.82, 2.24) is 5.32 Å². The Bertz CT molecular complexity index is 1030. The number of hydrogen-bond acceptors (Lipinski definition) is 3. The normalized spacial score (nSPS) is 13.1. The van der Waals surface area contributed by atoms with E-state index < -0.39 is 12.1 Å². The van der Waals surface area contributed by atoms with Crippen molar-refractivity contribution in [3.8, 4) is 0 Å². The van der Waals surface area contributed by atoms with Gasteiger partial charge in [-0.3, -0.25) is 4.79 Å². The van der Waals surface area contributed by atoms with E-state index >= 15 is 0 Å². The molecule has 0 fully saturated rings. The first kappa shape index (κ1) is 63.4. The Balaban J connectivity index is 3.47. The molecule has 0 aromatic carbocycles. The Morgan fingerprint density at radius 1 is 0.369 bits per heavy atom. The molecule has 0 radical (unpaired) electrons. The zero-order valence-corrected chi connectivity index (χ0v) is 44.0. The average Bonchev–Trinajstić information content (AvgIpc) is 3.31.